The molecular weight excluding hydrogens is 494 g/mol. The topological polar surface area (TPSA) is 77.8 Å². The van der Waals surface area contributed by atoms with Gasteiger partial charge in [-0.1, -0.05) is 23.7 Å². The highest BCUT2D eigenvalue weighted by molar-refractivity contribution is 6.32. The Kier molecular flexibility index (Phi) is 6.65. The molecule has 0 bridgehead atoms. The fourth-order valence-corrected chi connectivity index (χ4v) is 3.22. The minimum atomic E-state index is -5.06. The van der Waals surface area contributed by atoms with Gasteiger partial charge in [-0.2, -0.15) is 13.2 Å². The Bertz CT molecular complexity index is 1450. The van der Waals surface area contributed by atoms with Crippen LogP contribution in [0.25, 0.3) is 11.0 Å². The first-order chi connectivity index (χ1) is 16.6. The number of fused-ring (bicyclic) bond motifs is 1. The van der Waals surface area contributed by atoms with Gasteiger partial charge in [0, 0.05) is 11.8 Å². The lowest BCUT2D eigenvalue weighted by Crippen LogP contribution is -2.20. The van der Waals surface area contributed by atoms with Gasteiger partial charge in [-0.25, -0.2) is 4.39 Å². The number of anilines is 1. The lowest BCUT2D eigenvalue weighted by molar-refractivity contribution is -0.154. The van der Waals surface area contributed by atoms with Crippen molar-refractivity contribution in [3.8, 4) is 17.2 Å². The van der Waals surface area contributed by atoms with Crippen molar-refractivity contribution >= 4 is 34.2 Å². The van der Waals surface area contributed by atoms with Gasteiger partial charge in [0.1, 0.15) is 22.9 Å². The summed E-state index contributed by atoms with van der Waals surface area (Å²) in [4.78, 5) is 24.9. The first-order valence-corrected chi connectivity index (χ1v) is 10.3. The second-order valence-corrected chi connectivity index (χ2v) is 7.53. The molecule has 35 heavy (non-hydrogen) atoms. The summed E-state index contributed by atoms with van der Waals surface area (Å²) in [5.41, 5.74) is -1.17. The molecule has 1 amide bonds. The molecule has 0 saturated heterocycles. The van der Waals surface area contributed by atoms with Crippen LogP contribution in [0.5, 0.6) is 17.2 Å². The summed E-state index contributed by atoms with van der Waals surface area (Å²) < 4.78 is 69.5. The maximum atomic E-state index is 13.7. The Balaban J connectivity index is 1.61. The third-order valence-electron chi connectivity index (χ3n) is 4.63. The second kappa shape index (κ2) is 9.67. The Morgan fingerprint density at radius 3 is 2.43 bits per heavy atom. The third-order valence-corrected chi connectivity index (χ3v) is 4.94. The monoisotopic (exact) mass is 507 g/mol. The fourth-order valence-electron chi connectivity index (χ4n) is 3.04. The van der Waals surface area contributed by atoms with Crippen LogP contribution in [-0.4, -0.2) is 12.5 Å². The summed E-state index contributed by atoms with van der Waals surface area (Å²) in [5, 5.41) is 2.27. The lowest BCUT2D eigenvalue weighted by Gasteiger charge is -2.14. The average molecular weight is 508 g/mol. The molecule has 0 aliphatic rings. The van der Waals surface area contributed by atoms with Gasteiger partial charge in [-0.05, 0) is 48.5 Å². The van der Waals surface area contributed by atoms with E-state index in [0.29, 0.717) is 5.69 Å². The molecule has 0 fully saturated rings. The number of ether oxygens (including phenoxy) is 2. The van der Waals surface area contributed by atoms with Crippen molar-refractivity contribution in [3.63, 3.8) is 0 Å². The number of hydrogen-bond acceptors (Lipinski definition) is 5. The molecule has 0 aliphatic carbocycles. The summed E-state index contributed by atoms with van der Waals surface area (Å²) >= 11 is 5.95. The summed E-state index contributed by atoms with van der Waals surface area (Å²) in [6, 6.07) is 14.3. The predicted molar refractivity (Wildman–Crippen MR) is 120 cm³/mol. The van der Waals surface area contributed by atoms with E-state index < -0.39 is 47.0 Å². The van der Waals surface area contributed by atoms with Crippen molar-refractivity contribution in [3.05, 3.63) is 93.6 Å². The highest BCUT2D eigenvalue weighted by Gasteiger charge is 2.40. The number of amides is 1. The zero-order chi connectivity index (χ0) is 25.2. The highest BCUT2D eigenvalue weighted by atomic mass is 35.5. The van der Waals surface area contributed by atoms with E-state index in [4.69, 9.17) is 25.5 Å². The van der Waals surface area contributed by atoms with Crippen molar-refractivity contribution in [2.45, 2.75) is 6.18 Å². The number of alkyl halides is 3. The molecule has 1 heterocycles. The van der Waals surface area contributed by atoms with E-state index in [1.165, 1.54) is 42.5 Å². The number of halogens is 5. The molecule has 4 aromatic rings. The average Bonchev–Trinajstić information content (AvgIpc) is 2.81. The number of rotatable bonds is 6. The number of hydrogen-bond donors (Lipinski definition) is 1. The molecule has 6 nitrogen and oxygen atoms in total. The third kappa shape index (κ3) is 5.55. The molecule has 1 aromatic heterocycles. The van der Waals surface area contributed by atoms with E-state index in [-0.39, 0.29) is 21.9 Å². The smallest absolute Gasteiger partial charge is 0.453 e. The second-order valence-electron chi connectivity index (χ2n) is 7.12. The van der Waals surface area contributed by atoms with Gasteiger partial charge in [-0.15, -0.1) is 0 Å². The molecule has 180 valence electrons. The standard InChI is InChI=1S/C24H14ClF4NO5/c25-17-3-1-2-4-18(17)34-22-21(32)16-10-9-15(11-19(16)35-23(22)24(27,28)29)33-12-20(31)30-14-7-5-13(26)6-8-14/h1-11H,12H2,(H,30,31). The maximum Gasteiger partial charge on any atom is 0.453 e. The molecular formula is C24H14ClF4NO5. The Morgan fingerprint density at radius 1 is 1.03 bits per heavy atom. The molecule has 1 N–H and O–H groups in total. The number of benzene rings is 3. The molecule has 3 aromatic carbocycles. The van der Waals surface area contributed by atoms with Gasteiger partial charge in [0.15, 0.2) is 6.61 Å². The lowest BCUT2D eigenvalue weighted by atomic mass is 10.2. The quantitative estimate of drug-likeness (QED) is 0.305. The van der Waals surface area contributed by atoms with Crippen molar-refractivity contribution < 1.29 is 36.2 Å². The highest BCUT2D eigenvalue weighted by Crippen LogP contribution is 2.39. The van der Waals surface area contributed by atoms with Crippen LogP contribution < -0.4 is 20.2 Å². The summed E-state index contributed by atoms with van der Waals surface area (Å²) in [7, 11) is 0. The number of nitrogens with one attached hydrogen (secondary N) is 1. The van der Waals surface area contributed by atoms with E-state index in [1.807, 2.05) is 0 Å². The largest absolute Gasteiger partial charge is 0.484 e. The van der Waals surface area contributed by atoms with Gasteiger partial charge in [0.2, 0.25) is 11.2 Å². The Morgan fingerprint density at radius 2 is 1.74 bits per heavy atom. The van der Waals surface area contributed by atoms with Crippen LogP contribution in [0.4, 0.5) is 23.2 Å². The number of carbonyl (C=O) groups excluding carboxylic acids is 1. The zero-order valence-corrected chi connectivity index (χ0v) is 18.2. The molecule has 0 radical (unpaired) electrons. The van der Waals surface area contributed by atoms with Crippen LogP contribution in [0.15, 0.2) is 75.9 Å². The summed E-state index contributed by atoms with van der Waals surface area (Å²) in [5.74, 6) is -3.97. The van der Waals surface area contributed by atoms with Crippen LogP contribution in [-0.2, 0) is 11.0 Å². The molecule has 0 saturated carbocycles. The van der Waals surface area contributed by atoms with Crippen LogP contribution in [0.2, 0.25) is 5.02 Å². The van der Waals surface area contributed by atoms with Gasteiger partial charge in [0.05, 0.1) is 10.4 Å². The normalized spacial score (nSPS) is 11.3. The minimum absolute atomic E-state index is 0.00258. The van der Waals surface area contributed by atoms with Gasteiger partial charge >= 0.3 is 6.18 Å². The molecule has 0 spiro atoms. The molecule has 0 atom stereocenters. The molecule has 4 rings (SSSR count). The zero-order valence-electron chi connectivity index (χ0n) is 17.5. The van der Waals surface area contributed by atoms with E-state index in [9.17, 15) is 27.2 Å². The van der Waals surface area contributed by atoms with Crippen LogP contribution in [0.1, 0.15) is 5.76 Å². The molecule has 11 heteroatoms. The predicted octanol–water partition coefficient (Wildman–Crippen LogP) is 6.41. The van der Waals surface area contributed by atoms with Gasteiger partial charge in [-0.3, -0.25) is 9.59 Å². The first-order valence-electron chi connectivity index (χ1n) is 9.90. The van der Waals surface area contributed by atoms with E-state index in [1.54, 1.807) is 6.07 Å². The Hall–Kier alpha value is -4.05. The SMILES string of the molecule is O=C(COc1ccc2c(=O)c(Oc3ccccc3Cl)c(C(F)(F)F)oc2c1)Nc1ccc(F)cc1. The number of carbonyl (C=O) groups is 1. The molecule has 0 aliphatic heterocycles. The van der Waals surface area contributed by atoms with E-state index in [2.05, 4.69) is 5.32 Å². The van der Waals surface area contributed by atoms with Crippen molar-refractivity contribution in [1.82, 2.24) is 0 Å². The van der Waals surface area contributed by atoms with Crippen LogP contribution in [0, 0.1) is 5.82 Å². The number of para-hydroxylation sites is 1. The van der Waals surface area contributed by atoms with E-state index >= 15 is 0 Å². The molecule has 0 unspecified atom stereocenters. The van der Waals surface area contributed by atoms with Crippen LogP contribution in [0.3, 0.4) is 0 Å². The van der Waals surface area contributed by atoms with Crippen molar-refractivity contribution in [2.75, 3.05) is 11.9 Å². The summed E-state index contributed by atoms with van der Waals surface area (Å²) in [6.45, 7) is -0.507. The Labute approximate surface area is 199 Å². The maximum absolute atomic E-state index is 13.7. The van der Waals surface area contributed by atoms with E-state index in [0.717, 1.165) is 18.2 Å². The van der Waals surface area contributed by atoms with Crippen molar-refractivity contribution in [2.24, 2.45) is 0 Å². The van der Waals surface area contributed by atoms with Gasteiger partial charge < -0.3 is 19.2 Å². The van der Waals surface area contributed by atoms with Gasteiger partial charge in [0.25, 0.3) is 11.7 Å². The van der Waals surface area contributed by atoms with Crippen LogP contribution >= 0.6 is 11.6 Å². The first kappa shape index (κ1) is 24.1. The van der Waals surface area contributed by atoms with Crippen molar-refractivity contribution in [1.29, 1.82) is 0 Å². The summed E-state index contributed by atoms with van der Waals surface area (Å²) in [6.07, 6.45) is -5.06. The minimum Gasteiger partial charge on any atom is -0.484 e. The fraction of sp³-hybridized carbons (Fsp3) is 0.0833.